The smallest absolute Gasteiger partial charge is 0.212 e. The van der Waals surface area contributed by atoms with Crippen molar-refractivity contribution in [1.29, 1.82) is 0 Å². The van der Waals surface area contributed by atoms with Gasteiger partial charge in [-0.15, -0.1) is 0 Å². The van der Waals surface area contributed by atoms with Crippen LogP contribution in [0.2, 0.25) is 0 Å². The second-order valence-corrected chi connectivity index (χ2v) is 8.95. The van der Waals surface area contributed by atoms with Crippen molar-refractivity contribution in [2.75, 3.05) is 19.3 Å². The first-order valence-corrected chi connectivity index (χ1v) is 10.0. The second-order valence-electron chi connectivity index (χ2n) is 5.28. The Morgan fingerprint density at radius 1 is 1.23 bits per heavy atom. The first-order chi connectivity index (χ1) is 9.95. The van der Waals surface area contributed by atoms with Gasteiger partial charge in [-0.1, -0.05) is 0 Å². The summed E-state index contributed by atoms with van der Waals surface area (Å²) in [5, 5.41) is 0. The predicted octanol–water partition coefficient (Wildman–Crippen LogP) is 1.08. The summed E-state index contributed by atoms with van der Waals surface area (Å²) < 4.78 is 64.1. The molecule has 0 saturated carbocycles. The molecule has 1 rings (SSSR count). The van der Waals surface area contributed by atoms with Crippen LogP contribution in [0.15, 0.2) is 23.1 Å². The Labute approximate surface area is 131 Å². The molecule has 0 aromatic heterocycles. The zero-order chi connectivity index (χ0) is 17.1. The van der Waals surface area contributed by atoms with Gasteiger partial charge in [0.25, 0.3) is 0 Å². The number of rotatable bonds is 7. The van der Waals surface area contributed by atoms with Gasteiger partial charge in [0.05, 0.1) is 11.2 Å². The highest BCUT2D eigenvalue weighted by Gasteiger charge is 2.22. The number of nitrogens with one attached hydrogen (secondary N) is 1. The number of hydrogen-bond acceptors (Lipinski definition) is 4. The van der Waals surface area contributed by atoms with Gasteiger partial charge in [-0.25, -0.2) is 25.9 Å². The van der Waals surface area contributed by atoms with Crippen LogP contribution in [-0.4, -0.2) is 46.5 Å². The summed E-state index contributed by atoms with van der Waals surface area (Å²) >= 11 is 0. The van der Waals surface area contributed by atoms with Crippen molar-refractivity contribution in [3.8, 4) is 0 Å². The van der Waals surface area contributed by atoms with Gasteiger partial charge >= 0.3 is 0 Å². The lowest BCUT2D eigenvalue weighted by molar-refractivity contribution is 0.360. The molecular formula is C13H21FN2O4S2. The van der Waals surface area contributed by atoms with E-state index in [0.29, 0.717) is 0 Å². The summed E-state index contributed by atoms with van der Waals surface area (Å²) in [6, 6.07) is 3.11. The number of halogens is 1. The Kier molecular flexibility index (Phi) is 6.08. The normalized spacial score (nSPS) is 13.0. The molecule has 0 fully saturated rings. The van der Waals surface area contributed by atoms with E-state index in [1.54, 1.807) is 13.8 Å². The van der Waals surface area contributed by atoms with Gasteiger partial charge in [0, 0.05) is 19.1 Å². The largest absolute Gasteiger partial charge is 0.240 e. The summed E-state index contributed by atoms with van der Waals surface area (Å²) in [6.45, 7) is 4.87. The van der Waals surface area contributed by atoms with Crippen LogP contribution in [0.4, 0.5) is 4.39 Å². The summed E-state index contributed by atoms with van der Waals surface area (Å²) in [6.07, 6.45) is 1.08. The molecule has 1 aromatic carbocycles. The van der Waals surface area contributed by atoms with Gasteiger partial charge in [-0.3, -0.25) is 0 Å². The van der Waals surface area contributed by atoms with E-state index in [0.717, 1.165) is 18.4 Å². The lowest BCUT2D eigenvalue weighted by Gasteiger charge is -2.24. The zero-order valence-corrected chi connectivity index (χ0v) is 14.6. The number of hydrogen-bond donors (Lipinski definition) is 1. The van der Waals surface area contributed by atoms with Crippen molar-refractivity contribution < 1.29 is 21.2 Å². The van der Waals surface area contributed by atoms with E-state index in [2.05, 4.69) is 4.72 Å². The van der Waals surface area contributed by atoms with Crippen molar-refractivity contribution in [2.45, 2.75) is 31.7 Å². The van der Waals surface area contributed by atoms with E-state index < -0.39 is 25.9 Å². The van der Waals surface area contributed by atoms with Crippen molar-refractivity contribution in [3.05, 3.63) is 29.6 Å². The summed E-state index contributed by atoms with van der Waals surface area (Å²) in [7, 11) is -7.22. The zero-order valence-electron chi connectivity index (χ0n) is 13.0. The van der Waals surface area contributed by atoms with Crippen LogP contribution in [0.5, 0.6) is 0 Å². The van der Waals surface area contributed by atoms with Gasteiger partial charge in [-0.05, 0) is 44.5 Å². The fraction of sp³-hybridized carbons (Fsp3) is 0.538. The Balaban J connectivity index is 2.82. The molecule has 1 N–H and O–H groups in total. The Morgan fingerprint density at radius 2 is 1.82 bits per heavy atom. The summed E-state index contributed by atoms with van der Waals surface area (Å²) in [4.78, 5) is -0.0237. The predicted molar refractivity (Wildman–Crippen MR) is 83.0 cm³/mol. The highest BCUT2D eigenvalue weighted by molar-refractivity contribution is 7.89. The van der Waals surface area contributed by atoms with Gasteiger partial charge < -0.3 is 0 Å². The molecule has 0 aliphatic heterocycles. The minimum Gasteiger partial charge on any atom is -0.212 e. The molecule has 0 radical (unpaired) electrons. The van der Waals surface area contributed by atoms with Crippen LogP contribution in [0, 0.1) is 12.7 Å². The molecule has 9 heteroatoms. The topological polar surface area (TPSA) is 83.6 Å². The highest BCUT2D eigenvalue weighted by atomic mass is 32.2. The van der Waals surface area contributed by atoms with Crippen molar-refractivity contribution in [2.24, 2.45) is 0 Å². The van der Waals surface area contributed by atoms with E-state index >= 15 is 0 Å². The van der Waals surface area contributed by atoms with Gasteiger partial charge in [0.1, 0.15) is 5.82 Å². The maximum Gasteiger partial charge on any atom is 0.240 e. The molecule has 0 atom stereocenters. The van der Waals surface area contributed by atoms with E-state index in [9.17, 15) is 21.2 Å². The second kappa shape index (κ2) is 7.03. The first-order valence-electron chi connectivity index (χ1n) is 6.68. The van der Waals surface area contributed by atoms with E-state index in [4.69, 9.17) is 0 Å². The number of aryl methyl sites for hydroxylation is 1. The Morgan fingerprint density at radius 3 is 2.27 bits per heavy atom. The van der Waals surface area contributed by atoms with Crippen LogP contribution in [-0.2, 0) is 20.0 Å². The maximum absolute atomic E-state index is 13.0. The van der Waals surface area contributed by atoms with E-state index in [1.165, 1.54) is 17.3 Å². The molecule has 0 aliphatic carbocycles. The quantitative estimate of drug-likeness (QED) is 0.796. The van der Waals surface area contributed by atoms with Crippen molar-refractivity contribution >= 4 is 20.0 Å². The molecule has 6 nitrogen and oxygen atoms in total. The van der Waals surface area contributed by atoms with E-state index in [-0.39, 0.29) is 29.6 Å². The van der Waals surface area contributed by atoms with Crippen LogP contribution in [0.25, 0.3) is 0 Å². The van der Waals surface area contributed by atoms with Gasteiger partial charge in [0.2, 0.25) is 20.0 Å². The molecule has 0 unspecified atom stereocenters. The molecule has 0 spiro atoms. The van der Waals surface area contributed by atoms with E-state index in [1.807, 2.05) is 0 Å². The molecule has 0 amide bonds. The minimum atomic E-state index is -3.81. The molecule has 126 valence electrons. The number of benzene rings is 1. The fourth-order valence-corrected chi connectivity index (χ4v) is 4.52. The third kappa shape index (κ3) is 5.01. The standard InChI is InChI=1S/C13H21FN2O4S2/c1-10(2)16(21(4,17)18)8-7-15-22(19,20)13-6-5-12(14)9-11(13)3/h5-6,9-10,15H,7-8H2,1-4H3. The average Bonchev–Trinajstić information content (AvgIpc) is 2.31. The van der Waals surface area contributed by atoms with Crippen LogP contribution >= 0.6 is 0 Å². The molecule has 0 bridgehead atoms. The maximum atomic E-state index is 13.0. The molecule has 22 heavy (non-hydrogen) atoms. The Bertz CT molecular complexity index is 730. The summed E-state index contributed by atoms with van der Waals surface area (Å²) in [5.74, 6) is -0.514. The van der Waals surface area contributed by atoms with Crippen molar-refractivity contribution in [3.63, 3.8) is 0 Å². The third-order valence-electron chi connectivity index (χ3n) is 3.05. The van der Waals surface area contributed by atoms with Crippen molar-refractivity contribution in [1.82, 2.24) is 9.03 Å². The molecule has 1 aromatic rings. The fourth-order valence-electron chi connectivity index (χ4n) is 2.09. The Hall–Kier alpha value is -1.03. The molecule has 0 heterocycles. The van der Waals surface area contributed by atoms with Gasteiger partial charge in [0.15, 0.2) is 0 Å². The molecule has 0 saturated heterocycles. The lowest BCUT2D eigenvalue weighted by Crippen LogP contribution is -2.41. The number of sulfonamides is 2. The average molecular weight is 352 g/mol. The summed E-state index contributed by atoms with van der Waals surface area (Å²) in [5.41, 5.74) is 0.288. The molecular weight excluding hydrogens is 331 g/mol. The minimum absolute atomic E-state index is 0.0237. The third-order valence-corrected chi connectivity index (χ3v) is 6.13. The molecule has 0 aliphatic rings. The highest BCUT2D eigenvalue weighted by Crippen LogP contribution is 2.15. The first kappa shape index (κ1) is 19.0. The van der Waals surface area contributed by atoms with Crippen LogP contribution < -0.4 is 4.72 Å². The van der Waals surface area contributed by atoms with Crippen LogP contribution in [0.3, 0.4) is 0 Å². The lowest BCUT2D eigenvalue weighted by atomic mass is 10.2. The number of nitrogens with zero attached hydrogens (tertiary/aromatic N) is 1. The van der Waals surface area contributed by atoms with Gasteiger partial charge in [-0.2, -0.15) is 4.31 Å². The monoisotopic (exact) mass is 352 g/mol. The SMILES string of the molecule is Cc1cc(F)ccc1S(=O)(=O)NCCN(C(C)C)S(C)(=O)=O. The van der Waals surface area contributed by atoms with Crippen LogP contribution in [0.1, 0.15) is 19.4 Å².